The molecule has 7 heteroatoms. The SMILES string of the molecule is COc1ccc2nc(/C=C3/SC(=S)N(c4cccc(O)c4)C3=O)ccc2c1. The molecule has 1 N–H and O–H groups in total. The van der Waals surface area contributed by atoms with Crippen LogP contribution in [0.15, 0.2) is 59.5 Å². The van der Waals surface area contributed by atoms with Gasteiger partial charge in [0.15, 0.2) is 4.32 Å². The molecular weight excluding hydrogens is 380 g/mol. The minimum Gasteiger partial charge on any atom is -0.508 e. The molecule has 0 saturated carbocycles. The molecule has 2 aromatic carbocycles. The number of fused-ring (bicyclic) bond motifs is 1. The lowest BCUT2D eigenvalue weighted by Gasteiger charge is -2.14. The third-order valence-corrected chi connectivity index (χ3v) is 5.38. The Bertz CT molecular complexity index is 1110. The number of carbonyl (C=O) groups excluding carboxylic acids is 1. The smallest absolute Gasteiger partial charge is 0.270 e. The standard InChI is InChI=1S/C20H14N2O3S2/c1-25-16-7-8-17-12(9-16)5-6-13(21-17)10-18-19(24)22(20(26)27-18)14-3-2-4-15(23)11-14/h2-11,23H,1H3/b18-10+. The second-order valence-corrected chi connectivity index (χ2v) is 7.51. The Labute approximate surface area is 165 Å². The van der Waals surface area contributed by atoms with E-state index in [0.717, 1.165) is 16.7 Å². The fraction of sp³-hybridized carbons (Fsp3) is 0.0500. The molecule has 1 amide bonds. The molecule has 0 unspecified atom stereocenters. The highest BCUT2D eigenvalue weighted by Crippen LogP contribution is 2.36. The van der Waals surface area contributed by atoms with Crippen molar-refractivity contribution in [1.82, 2.24) is 4.98 Å². The van der Waals surface area contributed by atoms with Crippen molar-refractivity contribution in [2.24, 2.45) is 0 Å². The molecule has 27 heavy (non-hydrogen) atoms. The first kappa shape index (κ1) is 17.5. The molecule has 1 aliphatic heterocycles. The number of ether oxygens (including phenoxy) is 1. The van der Waals surface area contributed by atoms with Crippen molar-refractivity contribution in [3.05, 3.63) is 65.2 Å². The lowest BCUT2D eigenvalue weighted by atomic mass is 10.2. The third kappa shape index (κ3) is 3.39. The maximum atomic E-state index is 12.8. The molecule has 5 nitrogen and oxygen atoms in total. The predicted octanol–water partition coefficient (Wildman–Crippen LogP) is 4.35. The third-order valence-electron chi connectivity index (χ3n) is 4.08. The Morgan fingerprint density at radius 2 is 2.04 bits per heavy atom. The molecule has 4 rings (SSSR count). The van der Waals surface area contributed by atoms with Gasteiger partial charge in [-0.3, -0.25) is 9.69 Å². The van der Waals surface area contributed by atoms with E-state index >= 15 is 0 Å². The number of anilines is 1. The number of pyridine rings is 1. The molecule has 0 radical (unpaired) electrons. The maximum Gasteiger partial charge on any atom is 0.270 e. The molecule has 1 aliphatic rings. The lowest BCUT2D eigenvalue weighted by Crippen LogP contribution is -2.27. The van der Waals surface area contributed by atoms with Crippen LogP contribution < -0.4 is 9.64 Å². The van der Waals surface area contributed by atoms with E-state index in [9.17, 15) is 9.90 Å². The minimum absolute atomic E-state index is 0.0807. The number of aromatic nitrogens is 1. The number of methoxy groups -OCH3 is 1. The number of hydrogen-bond acceptors (Lipinski definition) is 6. The topological polar surface area (TPSA) is 62.7 Å². The van der Waals surface area contributed by atoms with Crippen LogP contribution in [0.4, 0.5) is 5.69 Å². The first-order valence-corrected chi connectivity index (χ1v) is 9.29. The Kier molecular flexibility index (Phi) is 4.55. The summed E-state index contributed by atoms with van der Waals surface area (Å²) in [5, 5.41) is 10.6. The Hall–Kier alpha value is -2.90. The molecule has 1 fully saturated rings. The van der Waals surface area contributed by atoms with Crippen molar-refractivity contribution < 1.29 is 14.6 Å². The van der Waals surface area contributed by atoms with E-state index in [0.29, 0.717) is 20.6 Å². The van der Waals surface area contributed by atoms with Gasteiger partial charge in [-0.05, 0) is 42.5 Å². The van der Waals surface area contributed by atoms with E-state index in [1.165, 1.54) is 22.7 Å². The summed E-state index contributed by atoms with van der Waals surface area (Å²) in [6.45, 7) is 0. The molecule has 2 heterocycles. The van der Waals surface area contributed by atoms with Crippen LogP contribution in [-0.2, 0) is 4.79 Å². The number of carbonyl (C=O) groups is 1. The van der Waals surface area contributed by atoms with Crippen molar-refractivity contribution in [2.45, 2.75) is 0 Å². The van der Waals surface area contributed by atoms with Crippen molar-refractivity contribution in [2.75, 3.05) is 12.0 Å². The number of rotatable bonds is 3. The van der Waals surface area contributed by atoms with Gasteiger partial charge < -0.3 is 9.84 Å². The monoisotopic (exact) mass is 394 g/mol. The second-order valence-electron chi connectivity index (χ2n) is 5.83. The first-order chi connectivity index (χ1) is 13.0. The number of phenolic OH excluding ortho intramolecular Hbond substituents is 1. The summed E-state index contributed by atoms with van der Waals surface area (Å²) in [6, 6.07) is 15.9. The van der Waals surface area contributed by atoms with Crippen molar-refractivity contribution in [3.63, 3.8) is 0 Å². The van der Waals surface area contributed by atoms with Gasteiger partial charge in [0.1, 0.15) is 11.5 Å². The quantitative estimate of drug-likeness (QED) is 0.526. The van der Waals surface area contributed by atoms with E-state index in [1.807, 2.05) is 30.3 Å². The zero-order valence-electron chi connectivity index (χ0n) is 14.2. The van der Waals surface area contributed by atoms with Crippen LogP contribution >= 0.6 is 24.0 Å². The summed E-state index contributed by atoms with van der Waals surface area (Å²) in [5.41, 5.74) is 2.02. The van der Waals surface area contributed by atoms with Gasteiger partial charge in [-0.1, -0.05) is 36.1 Å². The summed E-state index contributed by atoms with van der Waals surface area (Å²) in [4.78, 5) is 19.3. The molecule has 0 spiro atoms. The van der Waals surface area contributed by atoms with Crippen LogP contribution in [0.2, 0.25) is 0 Å². The fourth-order valence-corrected chi connectivity index (χ4v) is 4.07. The van der Waals surface area contributed by atoms with Crippen molar-refractivity contribution >= 4 is 56.9 Å². The van der Waals surface area contributed by atoms with Crippen LogP contribution in [0.1, 0.15) is 5.69 Å². The number of benzene rings is 2. The summed E-state index contributed by atoms with van der Waals surface area (Å²) in [7, 11) is 1.62. The largest absolute Gasteiger partial charge is 0.508 e. The van der Waals surface area contributed by atoms with Crippen LogP contribution in [0, 0.1) is 0 Å². The summed E-state index contributed by atoms with van der Waals surface area (Å²) in [5.74, 6) is 0.619. The molecule has 1 saturated heterocycles. The molecule has 134 valence electrons. The summed E-state index contributed by atoms with van der Waals surface area (Å²) in [6.07, 6.45) is 1.73. The Morgan fingerprint density at radius 1 is 1.19 bits per heavy atom. The maximum absolute atomic E-state index is 12.8. The minimum atomic E-state index is -0.229. The van der Waals surface area contributed by atoms with E-state index in [-0.39, 0.29) is 11.7 Å². The molecule has 3 aromatic rings. The van der Waals surface area contributed by atoms with Crippen molar-refractivity contribution in [3.8, 4) is 11.5 Å². The van der Waals surface area contributed by atoms with Crippen LogP contribution in [0.5, 0.6) is 11.5 Å². The zero-order chi connectivity index (χ0) is 19.0. The molecular formula is C20H14N2O3S2. The highest BCUT2D eigenvalue weighted by Gasteiger charge is 2.33. The van der Waals surface area contributed by atoms with Gasteiger partial charge in [0.25, 0.3) is 5.91 Å². The first-order valence-electron chi connectivity index (χ1n) is 8.07. The average Bonchev–Trinajstić information content (AvgIpc) is 2.94. The number of nitrogens with zero attached hydrogens (tertiary/aromatic N) is 2. The van der Waals surface area contributed by atoms with Crippen molar-refractivity contribution in [1.29, 1.82) is 0 Å². The van der Waals surface area contributed by atoms with Gasteiger partial charge in [0, 0.05) is 11.5 Å². The van der Waals surface area contributed by atoms with E-state index in [4.69, 9.17) is 17.0 Å². The van der Waals surface area contributed by atoms with Gasteiger partial charge in [0.05, 0.1) is 28.9 Å². The predicted molar refractivity (Wildman–Crippen MR) is 112 cm³/mol. The number of amides is 1. The number of aromatic hydroxyl groups is 1. The molecule has 0 aliphatic carbocycles. The average molecular weight is 394 g/mol. The zero-order valence-corrected chi connectivity index (χ0v) is 15.9. The molecule has 0 atom stereocenters. The highest BCUT2D eigenvalue weighted by atomic mass is 32.2. The summed E-state index contributed by atoms with van der Waals surface area (Å²) >= 11 is 6.57. The fourth-order valence-electron chi connectivity index (χ4n) is 2.78. The molecule has 0 bridgehead atoms. The van der Waals surface area contributed by atoms with E-state index in [1.54, 1.807) is 31.4 Å². The van der Waals surface area contributed by atoms with Crippen LogP contribution in [0.25, 0.3) is 17.0 Å². The number of phenols is 1. The van der Waals surface area contributed by atoms with Gasteiger partial charge in [-0.2, -0.15) is 0 Å². The Balaban J connectivity index is 1.67. The van der Waals surface area contributed by atoms with Gasteiger partial charge in [-0.15, -0.1) is 0 Å². The highest BCUT2D eigenvalue weighted by molar-refractivity contribution is 8.27. The second kappa shape index (κ2) is 7.02. The lowest BCUT2D eigenvalue weighted by molar-refractivity contribution is -0.113. The number of thiocarbonyl (C=S) groups is 1. The van der Waals surface area contributed by atoms with Gasteiger partial charge in [-0.25, -0.2) is 4.98 Å². The number of thioether (sulfide) groups is 1. The summed E-state index contributed by atoms with van der Waals surface area (Å²) < 4.78 is 5.64. The van der Waals surface area contributed by atoms with E-state index < -0.39 is 0 Å². The number of hydrogen-bond donors (Lipinski definition) is 1. The Morgan fingerprint density at radius 3 is 2.81 bits per heavy atom. The van der Waals surface area contributed by atoms with Gasteiger partial charge >= 0.3 is 0 Å². The molecule has 1 aromatic heterocycles. The van der Waals surface area contributed by atoms with E-state index in [2.05, 4.69) is 4.98 Å². The van der Waals surface area contributed by atoms with Crippen LogP contribution in [-0.4, -0.2) is 27.4 Å². The van der Waals surface area contributed by atoms with Crippen LogP contribution in [0.3, 0.4) is 0 Å². The van der Waals surface area contributed by atoms with Gasteiger partial charge in [0.2, 0.25) is 0 Å². The normalized spacial score (nSPS) is 15.7.